The molecule has 7 nitrogen and oxygen atoms in total. The van der Waals surface area contributed by atoms with Gasteiger partial charge in [-0.25, -0.2) is 4.68 Å². The highest BCUT2D eigenvalue weighted by Gasteiger charge is 2.12. The van der Waals surface area contributed by atoms with E-state index in [2.05, 4.69) is 15.4 Å². The van der Waals surface area contributed by atoms with E-state index >= 15 is 0 Å². The average Bonchev–Trinajstić information content (AvgIpc) is 2.96. The van der Waals surface area contributed by atoms with Gasteiger partial charge in [-0.05, 0) is 13.0 Å². The first-order valence-electron chi connectivity index (χ1n) is 5.38. The van der Waals surface area contributed by atoms with Crippen LogP contribution in [0.5, 0.6) is 0 Å². The summed E-state index contributed by atoms with van der Waals surface area (Å²) in [6.45, 7) is 3.07. The van der Waals surface area contributed by atoms with Crippen molar-refractivity contribution >= 4 is 5.78 Å². The smallest absolute Gasteiger partial charge is 0.202 e. The Bertz CT molecular complexity index is 514. The molecule has 0 radical (unpaired) electrons. The molecule has 0 atom stereocenters. The van der Waals surface area contributed by atoms with Gasteiger partial charge in [-0.3, -0.25) is 9.48 Å². The molecule has 7 heteroatoms. The Hall–Kier alpha value is -2.02. The van der Waals surface area contributed by atoms with Crippen LogP contribution in [0.2, 0.25) is 0 Å². The van der Waals surface area contributed by atoms with Gasteiger partial charge in [0, 0.05) is 19.3 Å². The molecule has 2 rings (SSSR count). The van der Waals surface area contributed by atoms with E-state index in [9.17, 15) is 4.79 Å². The topological polar surface area (TPSA) is 91.6 Å². The van der Waals surface area contributed by atoms with Gasteiger partial charge in [0.05, 0.1) is 11.9 Å². The summed E-state index contributed by atoms with van der Waals surface area (Å²) in [6, 6.07) is 1.70. The molecular weight excluding hydrogens is 220 g/mol. The van der Waals surface area contributed by atoms with Crippen molar-refractivity contribution in [2.24, 2.45) is 5.73 Å². The summed E-state index contributed by atoms with van der Waals surface area (Å²) in [7, 11) is 0. The van der Waals surface area contributed by atoms with Gasteiger partial charge >= 0.3 is 0 Å². The molecule has 0 bridgehead atoms. The van der Waals surface area contributed by atoms with Crippen molar-refractivity contribution in [1.82, 2.24) is 24.8 Å². The van der Waals surface area contributed by atoms with Gasteiger partial charge in [-0.1, -0.05) is 5.21 Å². The number of hydrogen-bond acceptors (Lipinski definition) is 5. The second kappa shape index (κ2) is 4.88. The lowest BCUT2D eigenvalue weighted by molar-refractivity contribution is 0.0956. The van der Waals surface area contributed by atoms with E-state index in [4.69, 9.17) is 5.73 Å². The van der Waals surface area contributed by atoms with Gasteiger partial charge in [0.15, 0.2) is 0 Å². The minimum atomic E-state index is -0.0437. The molecule has 0 amide bonds. The summed E-state index contributed by atoms with van der Waals surface area (Å²) in [6.07, 6.45) is 3.29. The number of nitrogens with zero attached hydrogens (tertiary/aromatic N) is 5. The Morgan fingerprint density at radius 3 is 3.00 bits per heavy atom. The molecule has 0 saturated carbocycles. The summed E-state index contributed by atoms with van der Waals surface area (Å²) >= 11 is 0. The molecular formula is C10H14N6O. The van der Waals surface area contributed by atoms with Crippen LogP contribution in [0.25, 0.3) is 0 Å². The second-order valence-electron chi connectivity index (χ2n) is 3.57. The maximum atomic E-state index is 12.0. The molecule has 0 saturated heterocycles. The van der Waals surface area contributed by atoms with Gasteiger partial charge in [0.2, 0.25) is 5.78 Å². The van der Waals surface area contributed by atoms with Gasteiger partial charge in [-0.15, -0.1) is 5.10 Å². The standard InChI is InChI=1S/C10H14N6O/c1-2-16-9(3-4-12-16)10(17)7-15-6-8(5-11)13-14-15/h3-4,6H,2,5,7,11H2,1H3. The van der Waals surface area contributed by atoms with Crippen molar-refractivity contribution in [2.75, 3.05) is 0 Å². The number of Topliss-reactive ketones (excluding diaryl/α,β-unsaturated/α-hetero) is 1. The van der Waals surface area contributed by atoms with E-state index in [1.807, 2.05) is 6.92 Å². The molecule has 0 aliphatic heterocycles. The molecule has 0 spiro atoms. The molecule has 0 fully saturated rings. The lowest BCUT2D eigenvalue weighted by Gasteiger charge is -2.03. The van der Waals surface area contributed by atoms with Crippen LogP contribution in [-0.4, -0.2) is 30.6 Å². The predicted molar refractivity (Wildman–Crippen MR) is 60.1 cm³/mol. The second-order valence-corrected chi connectivity index (χ2v) is 3.57. The highest BCUT2D eigenvalue weighted by molar-refractivity contribution is 5.94. The number of aromatic nitrogens is 5. The van der Waals surface area contributed by atoms with Crippen molar-refractivity contribution in [2.45, 2.75) is 26.6 Å². The van der Waals surface area contributed by atoms with Crippen LogP contribution < -0.4 is 5.73 Å². The van der Waals surface area contributed by atoms with Crippen molar-refractivity contribution < 1.29 is 4.79 Å². The summed E-state index contributed by atoms with van der Waals surface area (Å²) in [5.41, 5.74) is 6.67. The maximum absolute atomic E-state index is 12.0. The van der Waals surface area contributed by atoms with Crippen molar-refractivity contribution in [1.29, 1.82) is 0 Å². The zero-order chi connectivity index (χ0) is 12.3. The largest absolute Gasteiger partial charge is 0.325 e. The van der Waals surface area contributed by atoms with Crippen molar-refractivity contribution in [3.05, 3.63) is 29.8 Å². The Labute approximate surface area is 98.2 Å². The molecule has 0 aliphatic rings. The SMILES string of the molecule is CCn1nccc1C(=O)Cn1cc(CN)nn1. The highest BCUT2D eigenvalue weighted by Crippen LogP contribution is 2.02. The first kappa shape index (κ1) is 11.5. The van der Waals surface area contributed by atoms with E-state index in [0.717, 1.165) is 0 Å². The zero-order valence-electron chi connectivity index (χ0n) is 9.58. The minimum Gasteiger partial charge on any atom is -0.325 e. The monoisotopic (exact) mass is 234 g/mol. The van der Waals surface area contributed by atoms with Gasteiger partial charge in [0.1, 0.15) is 12.2 Å². The van der Waals surface area contributed by atoms with Crippen LogP contribution in [0.4, 0.5) is 0 Å². The van der Waals surface area contributed by atoms with Gasteiger partial charge < -0.3 is 5.73 Å². The molecule has 2 aromatic heterocycles. The fourth-order valence-electron chi connectivity index (χ4n) is 1.56. The Balaban J connectivity index is 2.11. The number of carbonyl (C=O) groups excluding carboxylic acids is 1. The molecule has 0 aliphatic carbocycles. The molecule has 17 heavy (non-hydrogen) atoms. The lowest BCUT2D eigenvalue weighted by Crippen LogP contribution is -2.16. The number of aryl methyl sites for hydroxylation is 1. The van der Waals surface area contributed by atoms with Crippen LogP contribution in [0.1, 0.15) is 23.1 Å². The number of hydrogen-bond donors (Lipinski definition) is 1. The van der Waals surface area contributed by atoms with Crippen LogP contribution >= 0.6 is 0 Å². The van der Waals surface area contributed by atoms with Crippen LogP contribution in [0.3, 0.4) is 0 Å². The van der Waals surface area contributed by atoms with E-state index in [0.29, 0.717) is 24.5 Å². The summed E-state index contributed by atoms with van der Waals surface area (Å²) in [5, 5.41) is 11.7. The summed E-state index contributed by atoms with van der Waals surface area (Å²) in [4.78, 5) is 12.0. The third-order valence-electron chi connectivity index (χ3n) is 2.40. The summed E-state index contributed by atoms with van der Waals surface area (Å²) < 4.78 is 3.14. The van der Waals surface area contributed by atoms with Crippen LogP contribution in [0.15, 0.2) is 18.5 Å². The molecule has 2 aromatic rings. The number of ketones is 1. The molecule has 2 N–H and O–H groups in total. The number of nitrogens with two attached hydrogens (primary N) is 1. The quantitative estimate of drug-likeness (QED) is 0.725. The maximum Gasteiger partial charge on any atom is 0.202 e. The van der Waals surface area contributed by atoms with E-state index < -0.39 is 0 Å². The van der Waals surface area contributed by atoms with Crippen LogP contribution in [-0.2, 0) is 19.6 Å². The Kier molecular flexibility index (Phi) is 3.29. The van der Waals surface area contributed by atoms with Crippen LogP contribution in [0, 0.1) is 0 Å². The van der Waals surface area contributed by atoms with Gasteiger partial charge in [-0.2, -0.15) is 5.10 Å². The Morgan fingerprint density at radius 1 is 1.53 bits per heavy atom. The highest BCUT2D eigenvalue weighted by atomic mass is 16.1. The van der Waals surface area contributed by atoms with E-state index in [-0.39, 0.29) is 12.3 Å². The third kappa shape index (κ3) is 2.39. The van der Waals surface area contributed by atoms with E-state index in [1.54, 1.807) is 23.1 Å². The minimum absolute atomic E-state index is 0.0437. The van der Waals surface area contributed by atoms with Crippen molar-refractivity contribution in [3.63, 3.8) is 0 Å². The van der Waals surface area contributed by atoms with Crippen molar-refractivity contribution in [3.8, 4) is 0 Å². The van der Waals surface area contributed by atoms with Gasteiger partial charge in [0.25, 0.3) is 0 Å². The fraction of sp³-hybridized carbons (Fsp3) is 0.400. The first-order chi connectivity index (χ1) is 8.24. The predicted octanol–water partition coefficient (Wildman–Crippen LogP) is -0.164. The average molecular weight is 234 g/mol. The fourth-order valence-corrected chi connectivity index (χ4v) is 1.56. The molecule has 0 unspecified atom stereocenters. The lowest BCUT2D eigenvalue weighted by atomic mass is 10.3. The van der Waals surface area contributed by atoms with E-state index in [1.165, 1.54) is 4.68 Å². The zero-order valence-corrected chi connectivity index (χ0v) is 9.58. The number of carbonyl (C=O) groups is 1. The molecule has 2 heterocycles. The normalized spacial score (nSPS) is 10.7. The molecule has 0 aromatic carbocycles. The number of rotatable bonds is 5. The summed E-state index contributed by atoms with van der Waals surface area (Å²) in [5.74, 6) is -0.0437. The first-order valence-corrected chi connectivity index (χ1v) is 5.38. The molecule has 90 valence electrons. The third-order valence-corrected chi connectivity index (χ3v) is 2.40. The Morgan fingerprint density at radius 2 is 2.35 bits per heavy atom.